The van der Waals surface area contributed by atoms with E-state index in [1.807, 2.05) is 24.4 Å². The van der Waals surface area contributed by atoms with Crippen LogP contribution in [0, 0.1) is 5.92 Å². The van der Waals surface area contributed by atoms with E-state index >= 15 is 0 Å². The van der Waals surface area contributed by atoms with Crippen LogP contribution in [0.4, 0.5) is 0 Å². The van der Waals surface area contributed by atoms with Crippen LogP contribution < -0.4 is 5.32 Å². The predicted octanol–water partition coefficient (Wildman–Crippen LogP) is 3.21. The number of nitrogens with one attached hydrogen (secondary N) is 2. The second-order valence-electron chi connectivity index (χ2n) is 7.62. The van der Waals surface area contributed by atoms with Gasteiger partial charge in [-0.3, -0.25) is 4.99 Å². The van der Waals surface area contributed by atoms with Gasteiger partial charge in [0.15, 0.2) is 5.96 Å². The standard InChI is InChI=1S/C22H34N6/c1-4-12-28-13-11-18(16-28)14-25-22(23-5-2)27(3)17-21-24-15-20(26-21)19-9-7-6-8-10-19/h6-10,15,18H,4-5,11-14,16-17H2,1-3H3,(H,23,25)(H,24,26). The van der Waals surface area contributed by atoms with Crippen molar-refractivity contribution < 1.29 is 0 Å². The van der Waals surface area contributed by atoms with E-state index in [9.17, 15) is 0 Å². The number of nitrogens with zero attached hydrogens (tertiary/aromatic N) is 4. The fourth-order valence-electron chi connectivity index (χ4n) is 3.77. The topological polar surface area (TPSA) is 59.5 Å². The van der Waals surface area contributed by atoms with Gasteiger partial charge in [-0.25, -0.2) is 4.98 Å². The highest BCUT2D eigenvalue weighted by molar-refractivity contribution is 5.79. The minimum atomic E-state index is 0.668. The molecule has 0 aliphatic carbocycles. The zero-order valence-electron chi connectivity index (χ0n) is 17.5. The van der Waals surface area contributed by atoms with Gasteiger partial charge in [-0.05, 0) is 44.3 Å². The smallest absolute Gasteiger partial charge is 0.194 e. The van der Waals surface area contributed by atoms with Gasteiger partial charge in [0.2, 0.25) is 0 Å². The second-order valence-corrected chi connectivity index (χ2v) is 7.62. The molecule has 1 aromatic carbocycles. The number of likely N-dealkylation sites (tertiary alicyclic amines) is 1. The van der Waals surface area contributed by atoms with Crippen molar-refractivity contribution in [2.24, 2.45) is 10.9 Å². The minimum Gasteiger partial charge on any atom is -0.357 e. The summed E-state index contributed by atoms with van der Waals surface area (Å²) in [6, 6.07) is 10.3. The number of hydrogen-bond acceptors (Lipinski definition) is 3. The Balaban J connectivity index is 1.58. The van der Waals surface area contributed by atoms with Crippen molar-refractivity contribution in [3.05, 3.63) is 42.4 Å². The summed E-state index contributed by atoms with van der Waals surface area (Å²) in [5, 5.41) is 3.42. The Hall–Kier alpha value is -2.34. The first-order valence-electron chi connectivity index (χ1n) is 10.5. The zero-order valence-corrected chi connectivity index (χ0v) is 17.5. The molecule has 0 bridgehead atoms. The maximum absolute atomic E-state index is 4.91. The first-order chi connectivity index (χ1) is 13.7. The third-order valence-corrected chi connectivity index (χ3v) is 5.21. The Labute approximate surface area is 169 Å². The molecule has 0 saturated carbocycles. The summed E-state index contributed by atoms with van der Waals surface area (Å²) < 4.78 is 0. The quantitative estimate of drug-likeness (QED) is 0.544. The van der Waals surface area contributed by atoms with Crippen LogP contribution in [0.25, 0.3) is 11.3 Å². The number of H-pyrrole nitrogens is 1. The van der Waals surface area contributed by atoms with Gasteiger partial charge in [0.05, 0.1) is 18.4 Å². The minimum absolute atomic E-state index is 0.668. The van der Waals surface area contributed by atoms with Gasteiger partial charge in [0.25, 0.3) is 0 Å². The fraction of sp³-hybridized carbons (Fsp3) is 0.545. The lowest BCUT2D eigenvalue weighted by Gasteiger charge is -2.21. The van der Waals surface area contributed by atoms with Crippen LogP contribution >= 0.6 is 0 Å². The van der Waals surface area contributed by atoms with E-state index in [0.29, 0.717) is 12.5 Å². The van der Waals surface area contributed by atoms with Gasteiger partial charge >= 0.3 is 0 Å². The van der Waals surface area contributed by atoms with Gasteiger partial charge in [-0.2, -0.15) is 0 Å². The van der Waals surface area contributed by atoms with Crippen LogP contribution in [0.15, 0.2) is 41.5 Å². The number of imidazole rings is 1. The third-order valence-electron chi connectivity index (χ3n) is 5.21. The Morgan fingerprint density at radius 1 is 1.32 bits per heavy atom. The van der Waals surface area contributed by atoms with Crippen LogP contribution in [0.1, 0.15) is 32.5 Å². The van der Waals surface area contributed by atoms with E-state index < -0.39 is 0 Å². The normalized spacial score (nSPS) is 17.8. The molecule has 1 saturated heterocycles. The number of hydrogen-bond donors (Lipinski definition) is 2. The fourth-order valence-corrected chi connectivity index (χ4v) is 3.77. The van der Waals surface area contributed by atoms with Crippen molar-refractivity contribution in [1.29, 1.82) is 0 Å². The highest BCUT2D eigenvalue weighted by Crippen LogP contribution is 2.18. The second kappa shape index (κ2) is 10.3. The van der Waals surface area contributed by atoms with E-state index in [4.69, 9.17) is 4.99 Å². The van der Waals surface area contributed by atoms with E-state index in [1.165, 1.54) is 32.5 Å². The molecule has 6 heteroatoms. The summed E-state index contributed by atoms with van der Waals surface area (Å²) in [6.45, 7) is 10.4. The van der Waals surface area contributed by atoms with Gasteiger partial charge in [-0.15, -0.1) is 0 Å². The Bertz CT molecular complexity index is 738. The summed E-state index contributed by atoms with van der Waals surface area (Å²) in [5.41, 5.74) is 2.20. The molecule has 0 spiro atoms. The van der Waals surface area contributed by atoms with Crippen LogP contribution in [0.5, 0.6) is 0 Å². The molecule has 1 aliphatic rings. The van der Waals surface area contributed by atoms with Crippen molar-refractivity contribution in [2.75, 3.05) is 39.8 Å². The molecule has 1 aliphatic heterocycles. The Kier molecular flexibility index (Phi) is 7.48. The largest absolute Gasteiger partial charge is 0.357 e. The zero-order chi connectivity index (χ0) is 19.8. The molecule has 1 fully saturated rings. The lowest BCUT2D eigenvalue weighted by atomic mass is 10.1. The van der Waals surface area contributed by atoms with E-state index in [-0.39, 0.29) is 0 Å². The molecular formula is C22H34N6. The maximum atomic E-state index is 4.91. The number of aromatic nitrogens is 2. The molecule has 28 heavy (non-hydrogen) atoms. The average Bonchev–Trinajstić information content (AvgIpc) is 3.36. The lowest BCUT2D eigenvalue weighted by molar-refractivity contribution is 0.326. The molecule has 0 radical (unpaired) electrons. The van der Waals surface area contributed by atoms with E-state index in [2.05, 4.69) is 58.1 Å². The van der Waals surface area contributed by atoms with Gasteiger partial charge in [-0.1, -0.05) is 37.3 Å². The third kappa shape index (κ3) is 5.58. The predicted molar refractivity (Wildman–Crippen MR) is 116 cm³/mol. The number of rotatable bonds is 8. The molecule has 2 heterocycles. The molecular weight excluding hydrogens is 348 g/mol. The molecule has 1 unspecified atom stereocenters. The molecule has 1 atom stereocenters. The van der Waals surface area contributed by atoms with Crippen LogP contribution in [0.3, 0.4) is 0 Å². The van der Waals surface area contributed by atoms with Crippen molar-refractivity contribution in [2.45, 2.75) is 33.2 Å². The highest BCUT2D eigenvalue weighted by Gasteiger charge is 2.21. The van der Waals surface area contributed by atoms with E-state index in [0.717, 1.165) is 36.1 Å². The monoisotopic (exact) mass is 382 g/mol. The van der Waals surface area contributed by atoms with Crippen molar-refractivity contribution >= 4 is 5.96 Å². The summed E-state index contributed by atoms with van der Waals surface area (Å²) in [4.78, 5) is 17.6. The van der Waals surface area contributed by atoms with Crippen molar-refractivity contribution in [3.8, 4) is 11.3 Å². The summed E-state index contributed by atoms with van der Waals surface area (Å²) in [7, 11) is 2.07. The SMILES string of the molecule is CCCN1CCC(CN=C(NCC)N(C)Cc2ncc(-c3ccccc3)[nH]2)C1. The van der Waals surface area contributed by atoms with Gasteiger partial charge < -0.3 is 20.1 Å². The van der Waals surface area contributed by atoms with Crippen LogP contribution in [-0.2, 0) is 6.54 Å². The average molecular weight is 383 g/mol. The number of aromatic amines is 1. The first-order valence-corrected chi connectivity index (χ1v) is 10.5. The summed E-state index contributed by atoms with van der Waals surface area (Å²) in [6.07, 6.45) is 4.39. The first kappa shape index (κ1) is 20.4. The summed E-state index contributed by atoms with van der Waals surface area (Å²) in [5.74, 6) is 2.57. The van der Waals surface area contributed by atoms with E-state index in [1.54, 1.807) is 0 Å². The molecule has 6 nitrogen and oxygen atoms in total. The molecule has 1 aromatic heterocycles. The number of guanidine groups is 1. The van der Waals surface area contributed by atoms with Gasteiger partial charge in [0.1, 0.15) is 5.82 Å². The Morgan fingerprint density at radius 2 is 2.14 bits per heavy atom. The molecule has 0 amide bonds. The molecule has 2 aromatic rings. The van der Waals surface area contributed by atoms with Crippen molar-refractivity contribution in [1.82, 2.24) is 25.1 Å². The lowest BCUT2D eigenvalue weighted by Crippen LogP contribution is -2.39. The molecule has 3 rings (SSSR count). The van der Waals surface area contributed by atoms with Crippen LogP contribution in [0.2, 0.25) is 0 Å². The van der Waals surface area contributed by atoms with Gasteiger partial charge in [0, 0.05) is 26.7 Å². The number of aliphatic imine (C=N–C) groups is 1. The Morgan fingerprint density at radius 3 is 2.89 bits per heavy atom. The maximum Gasteiger partial charge on any atom is 0.194 e. The van der Waals surface area contributed by atoms with Crippen LogP contribution in [-0.4, -0.2) is 65.5 Å². The number of benzene rings is 1. The van der Waals surface area contributed by atoms with Crippen molar-refractivity contribution in [3.63, 3.8) is 0 Å². The molecule has 2 N–H and O–H groups in total. The summed E-state index contributed by atoms with van der Waals surface area (Å²) >= 11 is 0. The molecule has 152 valence electrons. The highest BCUT2D eigenvalue weighted by atomic mass is 15.3.